The van der Waals surface area contributed by atoms with Gasteiger partial charge in [-0.1, -0.05) is 0 Å². The number of hydrogen-bond donors (Lipinski definition) is 2. The lowest BCUT2D eigenvalue weighted by Crippen LogP contribution is -2.09. The Kier molecular flexibility index (Phi) is 5.04. The van der Waals surface area contributed by atoms with Gasteiger partial charge in [0.1, 0.15) is 11.5 Å². The van der Waals surface area contributed by atoms with Gasteiger partial charge in [-0.15, -0.1) is 0 Å². The third-order valence-corrected chi connectivity index (χ3v) is 2.23. The maximum Gasteiger partial charge on any atom is 0.127 e. The van der Waals surface area contributed by atoms with Crippen LogP contribution in [0, 0.1) is 0 Å². The van der Waals surface area contributed by atoms with Crippen molar-refractivity contribution < 1.29 is 19.4 Å². The Morgan fingerprint density at radius 1 is 1.12 bits per heavy atom. The van der Waals surface area contributed by atoms with Gasteiger partial charge in [0.15, 0.2) is 0 Å². The molecule has 0 unspecified atom stereocenters. The Hall–Kier alpha value is -1.30. The van der Waals surface area contributed by atoms with Gasteiger partial charge in [-0.05, 0) is 17.7 Å². The molecule has 0 heterocycles. The second-order valence-corrected chi connectivity index (χ2v) is 3.25. The topological polar surface area (TPSA) is 60.0 Å². The summed E-state index contributed by atoms with van der Waals surface area (Å²) in [6.07, 6.45) is 0. The van der Waals surface area contributed by atoms with Crippen LogP contribution in [0.3, 0.4) is 0 Å². The molecule has 0 aliphatic heterocycles. The molecule has 0 saturated carbocycles. The first-order valence-corrected chi connectivity index (χ1v) is 4.86. The van der Waals surface area contributed by atoms with Crippen LogP contribution in [0.2, 0.25) is 0 Å². The van der Waals surface area contributed by atoms with Crippen LogP contribution >= 0.6 is 0 Å². The Labute approximate surface area is 94.9 Å². The van der Waals surface area contributed by atoms with E-state index >= 15 is 0 Å². The van der Waals surface area contributed by atoms with E-state index in [4.69, 9.17) is 19.4 Å². The molecule has 0 aromatic heterocycles. The molecule has 1 rings (SSSR count). The summed E-state index contributed by atoms with van der Waals surface area (Å²) in [5, 5.41) is 8.75. The number of methoxy groups -OCH3 is 3. The fraction of sp³-hybridized carbons (Fsp3) is 0.455. The van der Waals surface area contributed by atoms with E-state index in [0.29, 0.717) is 18.1 Å². The van der Waals surface area contributed by atoms with E-state index in [1.165, 1.54) is 0 Å². The highest BCUT2D eigenvalue weighted by Crippen LogP contribution is 2.30. The zero-order valence-corrected chi connectivity index (χ0v) is 9.74. The molecule has 5 heteroatoms. The molecule has 0 saturated heterocycles. The van der Waals surface area contributed by atoms with Gasteiger partial charge in [-0.25, -0.2) is 5.48 Å². The van der Waals surface area contributed by atoms with Gasteiger partial charge >= 0.3 is 0 Å². The molecule has 5 nitrogen and oxygen atoms in total. The summed E-state index contributed by atoms with van der Waals surface area (Å²) < 4.78 is 15.5. The first-order valence-electron chi connectivity index (χ1n) is 4.86. The minimum atomic E-state index is 0.264. The smallest absolute Gasteiger partial charge is 0.127 e. The number of ether oxygens (including phenoxy) is 3. The van der Waals surface area contributed by atoms with E-state index < -0.39 is 0 Å². The van der Waals surface area contributed by atoms with Crippen molar-refractivity contribution >= 4 is 0 Å². The van der Waals surface area contributed by atoms with Crippen LogP contribution in [0.4, 0.5) is 0 Å². The number of rotatable bonds is 6. The average Bonchev–Trinajstić information content (AvgIpc) is 2.31. The normalized spacial score (nSPS) is 10.2. The maximum atomic E-state index is 8.75. The molecule has 0 fully saturated rings. The molecule has 0 bridgehead atoms. The lowest BCUT2D eigenvalue weighted by Gasteiger charge is -2.14. The largest absolute Gasteiger partial charge is 0.496 e. The van der Waals surface area contributed by atoms with Gasteiger partial charge in [-0.3, -0.25) is 0 Å². The summed E-state index contributed by atoms with van der Waals surface area (Å²) in [4.78, 5) is 0. The Morgan fingerprint density at radius 2 is 1.69 bits per heavy atom. The number of hydroxylamine groups is 1. The van der Waals surface area contributed by atoms with Crippen LogP contribution in [-0.2, 0) is 17.9 Å². The molecule has 0 radical (unpaired) electrons. The predicted octanol–water partition coefficient (Wildman–Crippen LogP) is 1.33. The highest BCUT2D eigenvalue weighted by molar-refractivity contribution is 5.48. The van der Waals surface area contributed by atoms with E-state index in [0.717, 1.165) is 11.1 Å². The average molecular weight is 227 g/mol. The molecule has 16 heavy (non-hydrogen) atoms. The summed E-state index contributed by atoms with van der Waals surface area (Å²) >= 11 is 0. The number of benzene rings is 1. The number of hydrogen-bond acceptors (Lipinski definition) is 5. The molecule has 2 N–H and O–H groups in total. The molecule has 0 spiro atoms. The van der Waals surface area contributed by atoms with E-state index in [1.807, 2.05) is 12.1 Å². The molecule has 0 aliphatic carbocycles. The lowest BCUT2D eigenvalue weighted by atomic mass is 10.1. The lowest BCUT2D eigenvalue weighted by molar-refractivity contribution is 0.158. The second kappa shape index (κ2) is 6.32. The monoisotopic (exact) mass is 227 g/mol. The standard InChI is InChI=1S/C11H17NO4/c1-14-7-8-4-10(15-2)9(6-12-13)11(5-8)16-3/h4-5,12-13H,6-7H2,1-3H3. The van der Waals surface area contributed by atoms with Crippen LogP contribution in [0.15, 0.2) is 12.1 Å². The Morgan fingerprint density at radius 3 is 2.06 bits per heavy atom. The van der Waals surface area contributed by atoms with E-state index in [-0.39, 0.29) is 6.54 Å². The first kappa shape index (κ1) is 12.8. The summed E-state index contributed by atoms with van der Waals surface area (Å²) in [5.74, 6) is 1.32. The third kappa shape index (κ3) is 2.85. The third-order valence-electron chi connectivity index (χ3n) is 2.23. The van der Waals surface area contributed by atoms with Crippen LogP contribution in [0.25, 0.3) is 0 Å². The van der Waals surface area contributed by atoms with Crippen LogP contribution in [-0.4, -0.2) is 26.5 Å². The van der Waals surface area contributed by atoms with Gasteiger partial charge in [0.05, 0.1) is 32.9 Å². The van der Waals surface area contributed by atoms with E-state index in [9.17, 15) is 0 Å². The van der Waals surface area contributed by atoms with Gasteiger partial charge in [0.25, 0.3) is 0 Å². The van der Waals surface area contributed by atoms with Gasteiger partial charge < -0.3 is 19.4 Å². The highest BCUT2D eigenvalue weighted by atomic mass is 16.5. The molecule has 0 atom stereocenters. The van der Waals surface area contributed by atoms with Crippen molar-refractivity contribution in [3.63, 3.8) is 0 Å². The van der Waals surface area contributed by atoms with Crippen LogP contribution in [0.1, 0.15) is 11.1 Å². The van der Waals surface area contributed by atoms with Crippen molar-refractivity contribution in [3.05, 3.63) is 23.3 Å². The van der Waals surface area contributed by atoms with Crippen molar-refractivity contribution in [2.75, 3.05) is 21.3 Å². The molecular formula is C11H17NO4. The zero-order chi connectivity index (χ0) is 12.0. The van der Waals surface area contributed by atoms with Crippen LogP contribution < -0.4 is 15.0 Å². The minimum Gasteiger partial charge on any atom is -0.496 e. The summed E-state index contributed by atoms with van der Waals surface area (Å²) in [7, 11) is 4.78. The maximum absolute atomic E-state index is 8.75. The van der Waals surface area contributed by atoms with Gasteiger partial charge in [0, 0.05) is 7.11 Å². The van der Waals surface area contributed by atoms with Crippen LogP contribution in [0.5, 0.6) is 11.5 Å². The molecule has 0 aliphatic rings. The van der Waals surface area contributed by atoms with Crippen molar-refractivity contribution in [3.8, 4) is 11.5 Å². The molecule has 1 aromatic rings. The Bertz CT molecular complexity index is 316. The second-order valence-electron chi connectivity index (χ2n) is 3.25. The van der Waals surface area contributed by atoms with E-state index in [2.05, 4.69) is 5.48 Å². The fourth-order valence-electron chi connectivity index (χ4n) is 1.54. The molecule has 1 aromatic carbocycles. The van der Waals surface area contributed by atoms with Gasteiger partial charge in [0.2, 0.25) is 0 Å². The number of nitrogens with one attached hydrogen (secondary N) is 1. The van der Waals surface area contributed by atoms with Gasteiger partial charge in [-0.2, -0.15) is 0 Å². The summed E-state index contributed by atoms with van der Waals surface area (Å²) in [6.45, 7) is 0.749. The Balaban J connectivity index is 3.14. The first-order chi connectivity index (χ1) is 7.76. The molecule has 90 valence electrons. The zero-order valence-electron chi connectivity index (χ0n) is 9.74. The molecule has 0 amide bonds. The van der Waals surface area contributed by atoms with Crippen molar-refractivity contribution in [2.45, 2.75) is 13.2 Å². The highest BCUT2D eigenvalue weighted by Gasteiger charge is 2.11. The van der Waals surface area contributed by atoms with Crippen molar-refractivity contribution in [1.29, 1.82) is 0 Å². The fourth-order valence-corrected chi connectivity index (χ4v) is 1.54. The SMILES string of the molecule is COCc1cc(OC)c(CNO)c(OC)c1. The summed E-state index contributed by atoms with van der Waals surface area (Å²) in [6, 6.07) is 3.72. The van der Waals surface area contributed by atoms with E-state index in [1.54, 1.807) is 21.3 Å². The van der Waals surface area contributed by atoms with Crippen molar-refractivity contribution in [1.82, 2.24) is 5.48 Å². The predicted molar refractivity (Wildman–Crippen MR) is 58.9 cm³/mol. The minimum absolute atomic E-state index is 0.264. The summed E-state index contributed by atoms with van der Waals surface area (Å²) in [5.41, 5.74) is 3.82. The van der Waals surface area contributed by atoms with Crippen molar-refractivity contribution in [2.24, 2.45) is 0 Å². The molecular weight excluding hydrogens is 210 g/mol. The quantitative estimate of drug-likeness (QED) is 0.718.